The lowest BCUT2D eigenvalue weighted by molar-refractivity contribution is -0.107. The first-order chi connectivity index (χ1) is 10.6. The molecule has 110 valence electrons. The molecular weight excluding hydrogens is 298 g/mol. The summed E-state index contributed by atoms with van der Waals surface area (Å²) in [6.45, 7) is 0. The third-order valence-corrected chi connectivity index (χ3v) is 5.17. The fourth-order valence-electron chi connectivity index (χ4n) is 2.34. The summed E-state index contributed by atoms with van der Waals surface area (Å²) in [6, 6.07) is 15.2. The Morgan fingerprint density at radius 2 is 1.73 bits per heavy atom. The molecule has 0 spiro atoms. The quantitative estimate of drug-likeness (QED) is 0.695. The molecule has 0 saturated heterocycles. The van der Waals surface area contributed by atoms with Crippen LogP contribution >= 0.6 is 0 Å². The Bertz CT molecular complexity index is 935. The van der Waals surface area contributed by atoms with Crippen LogP contribution in [0.1, 0.15) is 5.56 Å². The van der Waals surface area contributed by atoms with Gasteiger partial charge in [-0.2, -0.15) is 0 Å². The number of carbonyl (C=O) groups excluding carboxylic acids is 1. The van der Waals surface area contributed by atoms with Crippen LogP contribution in [0, 0.1) is 0 Å². The van der Waals surface area contributed by atoms with Gasteiger partial charge in [0.15, 0.2) is 0 Å². The van der Waals surface area contributed by atoms with E-state index in [2.05, 4.69) is 4.98 Å². The third kappa shape index (κ3) is 2.51. The first kappa shape index (κ1) is 14.4. The maximum Gasteiger partial charge on any atom is 0.208 e. The maximum atomic E-state index is 12.6. The highest BCUT2D eigenvalue weighted by atomic mass is 32.2. The van der Waals surface area contributed by atoms with Crippen LogP contribution in [0.3, 0.4) is 0 Å². The van der Waals surface area contributed by atoms with Crippen LogP contribution in [-0.2, 0) is 21.1 Å². The molecule has 4 nitrogen and oxygen atoms in total. The number of nitrogens with zero attached hydrogens (tertiary/aromatic N) is 1. The molecule has 5 heteroatoms. The summed E-state index contributed by atoms with van der Waals surface area (Å²) in [6.07, 6.45) is 2.42. The first-order valence-electron chi connectivity index (χ1n) is 6.74. The van der Waals surface area contributed by atoms with E-state index in [1.165, 1.54) is 6.20 Å². The minimum absolute atomic E-state index is 0.148. The molecular formula is C17H13NO3S. The standard InChI is InChI=1S/C17H13NO3S/c19-10-9-13-5-4-6-14-11-16(12-18-17(13)14)22(20,21)15-7-2-1-3-8-15/h1-8,10-12H,9H2. The van der Waals surface area contributed by atoms with Crippen LogP contribution in [0.2, 0.25) is 0 Å². The molecule has 0 aliphatic rings. The van der Waals surface area contributed by atoms with Crippen LogP contribution in [0.15, 0.2) is 70.6 Å². The predicted octanol–water partition coefficient (Wildman–Crippen LogP) is 2.81. The molecule has 3 aromatic rings. The van der Waals surface area contributed by atoms with Gasteiger partial charge in [0.25, 0.3) is 0 Å². The Labute approximate surface area is 128 Å². The van der Waals surface area contributed by atoms with E-state index in [1.807, 2.05) is 6.07 Å². The highest BCUT2D eigenvalue weighted by molar-refractivity contribution is 7.91. The van der Waals surface area contributed by atoms with Gasteiger partial charge in [0, 0.05) is 18.0 Å². The zero-order chi connectivity index (χ0) is 15.6. The van der Waals surface area contributed by atoms with Gasteiger partial charge < -0.3 is 4.79 Å². The molecule has 0 saturated carbocycles. The molecule has 22 heavy (non-hydrogen) atoms. The largest absolute Gasteiger partial charge is 0.303 e. The second-order valence-corrected chi connectivity index (χ2v) is 6.80. The van der Waals surface area contributed by atoms with Crippen LogP contribution in [-0.4, -0.2) is 19.7 Å². The molecule has 3 rings (SSSR count). The molecule has 1 heterocycles. The second-order valence-electron chi connectivity index (χ2n) is 4.85. The number of carbonyl (C=O) groups is 1. The summed E-state index contributed by atoms with van der Waals surface area (Å²) in [4.78, 5) is 15.3. The van der Waals surface area contributed by atoms with E-state index in [1.54, 1.807) is 48.5 Å². The number of aromatic nitrogens is 1. The van der Waals surface area contributed by atoms with E-state index >= 15 is 0 Å². The van der Waals surface area contributed by atoms with E-state index in [0.717, 1.165) is 11.8 Å². The zero-order valence-electron chi connectivity index (χ0n) is 11.6. The number of rotatable bonds is 4. The molecule has 0 bridgehead atoms. The summed E-state index contributed by atoms with van der Waals surface area (Å²) < 4.78 is 25.2. The lowest BCUT2D eigenvalue weighted by atomic mass is 10.1. The summed E-state index contributed by atoms with van der Waals surface area (Å²) in [5.74, 6) is 0. The van der Waals surface area contributed by atoms with E-state index in [-0.39, 0.29) is 16.2 Å². The average Bonchev–Trinajstić information content (AvgIpc) is 2.56. The van der Waals surface area contributed by atoms with Crippen molar-refractivity contribution in [2.24, 2.45) is 0 Å². The number of aldehydes is 1. The van der Waals surface area contributed by atoms with Crippen molar-refractivity contribution < 1.29 is 13.2 Å². The summed E-state index contributed by atoms with van der Waals surface area (Å²) in [5, 5.41) is 0.705. The van der Waals surface area contributed by atoms with Gasteiger partial charge in [-0.3, -0.25) is 4.98 Å². The molecule has 2 aromatic carbocycles. The van der Waals surface area contributed by atoms with E-state index < -0.39 is 9.84 Å². The van der Waals surface area contributed by atoms with Crippen LogP contribution in [0.4, 0.5) is 0 Å². The number of para-hydroxylation sites is 1. The van der Waals surface area contributed by atoms with Crippen molar-refractivity contribution in [2.45, 2.75) is 16.2 Å². The van der Waals surface area contributed by atoms with Crippen molar-refractivity contribution >= 4 is 27.0 Å². The van der Waals surface area contributed by atoms with E-state index in [0.29, 0.717) is 10.9 Å². The lowest BCUT2D eigenvalue weighted by Crippen LogP contribution is -2.03. The minimum atomic E-state index is -3.59. The van der Waals surface area contributed by atoms with Crippen molar-refractivity contribution in [3.8, 4) is 0 Å². The predicted molar refractivity (Wildman–Crippen MR) is 83.4 cm³/mol. The fraction of sp³-hybridized carbons (Fsp3) is 0.0588. The number of hydrogen-bond donors (Lipinski definition) is 0. The molecule has 0 unspecified atom stereocenters. The summed E-state index contributed by atoms with van der Waals surface area (Å²) in [7, 11) is -3.59. The summed E-state index contributed by atoms with van der Waals surface area (Å²) in [5.41, 5.74) is 1.44. The lowest BCUT2D eigenvalue weighted by Gasteiger charge is -2.07. The van der Waals surface area contributed by atoms with Gasteiger partial charge in [0.1, 0.15) is 6.29 Å². The number of fused-ring (bicyclic) bond motifs is 1. The van der Waals surface area contributed by atoms with Gasteiger partial charge in [-0.05, 0) is 23.8 Å². The van der Waals surface area contributed by atoms with Crippen LogP contribution in [0.25, 0.3) is 10.9 Å². The van der Waals surface area contributed by atoms with Gasteiger partial charge in [-0.15, -0.1) is 0 Å². The maximum absolute atomic E-state index is 12.6. The normalized spacial score (nSPS) is 11.5. The van der Waals surface area contributed by atoms with Crippen molar-refractivity contribution in [2.75, 3.05) is 0 Å². The Hall–Kier alpha value is -2.53. The molecule has 0 amide bonds. The first-order valence-corrected chi connectivity index (χ1v) is 8.22. The molecule has 0 fully saturated rings. The molecule has 0 radical (unpaired) electrons. The minimum Gasteiger partial charge on any atom is -0.303 e. The number of sulfone groups is 1. The van der Waals surface area contributed by atoms with Crippen molar-refractivity contribution in [3.63, 3.8) is 0 Å². The SMILES string of the molecule is O=CCc1cccc2cc(S(=O)(=O)c3ccccc3)cnc12. The number of pyridine rings is 1. The Kier molecular flexibility index (Phi) is 3.73. The third-order valence-electron chi connectivity index (χ3n) is 3.44. The topological polar surface area (TPSA) is 64.1 Å². The van der Waals surface area contributed by atoms with Crippen molar-refractivity contribution in [1.82, 2.24) is 4.98 Å². The molecule has 1 aromatic heterocycles. The highest BCUT2D eigenvalue weighted by Gasteiger charge is 2.18. The van der Waals surface area contributed by atoms with Gasteiger partial charge in [-0.25, -0.2) is 8.42 Å². The molecule has 0 atom stereocenters. The average molecular weight is 311 g/mol. The van der Waals surface area contributed by atoms with Crippen molar-refractivity contribution in [3.05, 3.63) is 66.4 Å². The van der Waals surface area contributed by atoms with Crippen molar-refractivity contribution in [1.29, 1.82) is 0 Å². The fourth-order valence-corrected chi connectivity index (χ4v) is 3.60. The van der Waals surface area contributed by atoms with Crippen LogP contribution < -0.4 is 0 Å². The monoisotopic (exact) mass is 311 g/mol. The second kappa shape index (κ2) is 5.69. The van der Waals surface area contributed by atoms with Gasteiger partial charge >= 0.3 is 0 Å². The zero-order valence-corrected chi connectivity index (χ0v) is 12.5. The van der Waals surface area contributed by atoms with Gasteiger partial charge in [0.05, 0.1) is 15.3 Å². The molecule has 0 N–H and O–H groups in total. The number of benzene rings is 2. The van der Waals surface area contributed by atoms with E-state index in [4.69, 9.17) is 0 Å². The van der Waals surface area contributed by atoms with Crippen LogP contribution in [0.5, 0.6) is 0 Å². The summed E-state index contributed by atoms with van der Waals surface area (Å²) >= 11 is 0. The van der Waals surface area contributed by atoms with Gasteiger partial charge in [0.2, 0.25) is 9.84 Å². The molecule has 0 aliphatic heterocycles. The Balaban J connectivity index is 2.16. The van der Waals surface area contributed by atoms with Gasteiger partial charge in [-0.1, -0.05) is 36.4 Å². The Morgan fingerprint density at radius 1 is 0.955 bits per heavy atom. The molecule has 0 aliphatic carbocycles. The highest BCUT2D eigenvalue weighted by Crippen LogP contribution is 2.24. The Morgan fingerprint density at radius 3 is 2.45 bits per heavy atom. The smallest absolute Gasteiger partial charge is 0.208 e. The van der Waals surface area contributed by atoms with E-state index in [9.17, 15) is 13.2 Å². The number of hydrogen-bond acceptors (Lipinski definition) is 4.